The van der Waals surface area contributed by atoms with Gasteiger partial charge in [-0.1, -0.05) is 24.3 Å². The smallest absolute Gasteiger partial charge is 0.250 e. The van der Waals surface area contributed by atoms with Crippen LogP contribution in [0.4, 0.5) is 0 Å². The van der Waals surface area contributed by atoms with E-state index in [1.807, 2.05) is 31.2 Å². The molecule has 0 aromatic heterocycles. The van der Waals surface area contributed by atoms with Gasteiger partial charge in [-0.15, -0.1) is 0 Å². The topological polar surface area (TPSA) is 73.6 Å². The molecule has 0 aliphatic heterocycles. The van der Waals surface area contributed by atoms with Crippen LogP contribution in [-0.4, -0.2) is 32.3 Å². The number of nitrogens with one attached hydrogen (secondary N) is 1. The van der Waals surface area contributed by atoms with Crippen molar-refractivity contribution in [3.05, 3.63) is 35.4 Å². The van der Waals surface area contributed by atoms with Gasteiger partial charge in [0.1, 0.15) is 6.10 Å². The second-order valence-electron chi connectivity index (χ2n) is 4.08. The maximum Gasteiger partial charge on any atom is 0.250 e. The van der Waals surface area contributed by atoms with Gasteiger partial charge in [-0.2, -0.15) is 0 Å². The Morgan fingerprint density at radius 1 is 1.37 bits per heavy atom. The molecule has 1 rings (SSSR count). The van der Waals surface area contributed by atoms with E-state index in [1.54, 1.807) is 0 Å². The molecule has 0 radical (unpaired) electrons. The summed E-state index contributed by atoms with van der Waals surface area (Å²) in [5.41, 5.74) is 7.56. The molecule has 5 heteroatoms. The number of nitrogens with two attached hydrogens (primary N) is 1. The number of ether oxygens (including phenoxy) is 2. The Morgan fingerprint density at radius 3 is 2.63 bits per heavy atom. The van der Waals surface area contributed by atoms with Gasteiger partial charge in [0.15, 0.2) is 0 Å². The van der Waals surface area contributed by atoms with Gasteiger partial charge in [0.25, 0.3) is 5.91 Å². The van der Waals surface area contributed by atoms with Gasteiger partial charge in [0.2, 0.25) is 0 Å². The molecule has 0 spiro atoms. The second-order valence-corrected chi connectivity index (χ2v) is 4.08. The van der Waals surface area contributed by atoms with Crippen molar-refractivity contribution in [3.8, 4) is 0 Å². The van der Waals surface area contributed by atoms with Crippen LogP contribution in [-0.2, 0) is 27.4 Å². The molecular formula is C14H22N2O3. The number of benzene rings is 1. The van der Waals surface area contributed by atoms with Gasteiger partial charge in [0, 0.05) is 26.8 Å². The largest absolute Gasteiger partial charge is 0.377 e. The molecule has 1 amide bonds. The summed E-state index contributed by atoms with van der Waals surface area (Å²) in [6, 6.07) is 7.86. The van der Waals surface area contributed by atoms with Gasteiger partial charge in [-0.25, -0.2) is 0 Å². The lowest BCUT2D eigenvalue weighted by molar-refractivity contribution is -0.130. The first kappa shape index (κ1) is 15.6. The molecule has 3 N–H and O–H groups in total. The molecule has 0 heterocycles. The zero-order chi connectivity index (χ0) is 14.1. The monoisotopic (exact) mass is 266 g/mol. The predicted molar refractivity (Wildman–Crippen MR) is 73.5 cm³/mol. The Morgan fingerprint density at radius 2 is 2.05 bits per heavy atom. The summed E-state index contributed by atoms with van der Waals surface area (Å²) in [4.78, 5) is 11.8. The summed E-state index contributed by atoms with van der Waals surface area (Å²) in [5.74, 6) is -0.198. The highest BCUT2D eigenvalue weighted by molar-refractivity contribution is 5.81. The van der Waals surface area contributed by atoms with E-state index in [0.29, 0.717) is 19.8 Å². The molecule has 1 aromatic carbocycles. The minimum Gasteiger partial charge on any atom is -0.377 e. The van der Waals surface area contributed by atoms with E-state index >= 15 is 0 Å². The molecule has 0 aliphatic carbocycles. The Kier molecular flexibility index (Phi) is 7.10. The normalized spacial score (nSPS) is 12.2. The number of rotatable bonds is 8. The van der Waals surface area contributed by atoms with Crippen LogP contribution in [0.5, 0.6) is 0 Å². The van der Waals surface area contributed by atoms with Crippen LogP contribution >= 0.6 is 0 Å². The van der Waals surface area contributed by atoms with Crippen molar-refractivity contribution in [2.75, 3.05) is 20.3 Å². The number of methoxy groups -OCH3 is 1. The average Bonchev–Trinajstić information content (AvgIpc) is 2.45. The SMILES string of the molecule is CCOCc1ccccc1CNC(=O)C(CN)OC. The molecule has 0 bridgehead atoms. The maximum absolute atomic E-state index is 11.8. The first-order chi connectivity index (χ1) is 9.22. The van der Waals surface area contributed by atoms with Crippen molar-refractivity contribution in [1.82, 2.24) is 5.32 Å². The summed E-state index contributed by atoms with van der Waals surface area (Å²) >= 11 is 0. The van der Waals surface area contributed by atoms with Gasteiger partial charge < -0.3 is 20.5 Å². The van der Waals surface area contributed by atoms with Crippen molar-refractivity contribution in [1.29, 1.82) is 0 Å². The highest BCUT2D eigenvalue weighted by Gasteiger charge is 2.15. The van der Waals surface area contributed by atoms with E-state index in [9.17, 15) is 4.79 Å². The fourth-order valence-electron chi connectivity index (χ4n) is 1.69. The summed E-state index contributed by atoms with van der Waals surface area (Å²) in [5, 5.41) is 2.82. The van der Waals surface area contributed by atoms with Crippen LogP contribution < -0.4 is 11.1 Å². The molecule has 0 fully saturated rings. The first-order valence-corrected chi connectivity index (χ1v) is 6.38. The molecule has 1 atom stereocenters. The first-order valence-electron chi connectivity index (χ1n) is 6.38. The fourth-order valence-corrected chi connectivity index (χ4v) is 1.69. The molecule has 19 heavy (non-hydrogen) atoms. The van der Waals surface area contributed by atoms with Crippen molar-refractivity contribution in [3.63, 3.8) is 0 Å². The Balaban J connectivity index is 2.59. The fraction of sp³-hybridized carbons (Fsp3) is 0.500. The third kappa shape index (κ3) is 4.98. The van der Waals surface area contributed by atoms with Gasteiger partial charge >= 0.3 is 0 Å². The van der Waals surface area contributed by atoms with Crippen molar-refractivity contribution < 1.29 is 14.3 Å². The van der Waals surface area contributed by atoms with E-state index in [4.69, 9.17) is 15.2 Å². The van der Waals surface area contributed by atoms with Crippen LogP contribution in [0.15, 0.2) is 24.3 Å². The van der Waals surface area contributed by atoms with Crippen LogP contribution in [0, 0.1) is 0 Å². The molecule has 1 aromatic rings. The van der Waals surface area contributed by atoms with Crippen LogP contribution in [0.25, 0.3) is 0 Å². The summed E-state index contributed by atoms with van der Waals surface area (Å²) in [7, 11) is 1.47. The van der Waals surface area contributed by atoms with Gasteiger partial charge in [-0.3, -0.25) is 4.79 Å². The molecule has 0 saturated heterocycles. The zero-order valence-electron chi connectivity index (χ0n) is 11.5. The van der Waals surface area contributed by atoms with Gasteiger partial charge in [-0.05, 0) is 18.1 Å². The summed E-state index contributed by atoms with van der Waals surface area (Å²) in [6.45, 7) is 3.78. The highest BCUT2D eigenvalue weighted by Crippen LogP contribution is 2.10. The zero-order valence-corrected chi connectivity index (χ0v) is 11.5. The number of hydrogen-bond acceptors (Lipinski definition) is 4. The molecular weight excluding hydrogens is 244 g/mol. The maximum atomic E-state index is 11.8. The average molecular weight is 266 g/mol. The standard InChI is InChI=1S/C14H22N2O3/c1-3-19-10-12-7-5-4-6-11(12)9-16-14(17)13(8-15)18-2/h4-7,13H,3,8-10,15H2,1-2H3,(H,16,17). The third-order valence-corrected chi connectivity index (χ3v) is 2.82. The second kappa shape index (κ2) is 8.63. The lowest BCUT2D eigenvalue weighted by atomic mass is 10.1. The van der Waals surface area contributed by atoms with E-state index < -0.39 is 6.10 Å². The summed E-state index contributed by atoms with van der Waals surface area (Å²) < 4.78 is 10.4. The number of hydrogen-bond donors (Lipinski definition) is 2. The third-order valence-electron chi connectivity index (χ3n) is 2.82. The van der Waals surface area contributed by atoms with Crippen molar-refractivity contribution in [2.45, 2.75) is 26.2 Å². The predicted octanol–water partition coefficient (Wildman–Crippen LogP) is 0.813. The van der Waals surface area contributed by atoms with E-state index in [0.717, 1.165) is 11.1 Å². The highest BCUT2D eigenvalue weighted by atomic mass is 16.5. The molecule has 1 unspecified atom stereocenters. The van der Waals surface area contributed by atoms with Crippen LogP contribution in [0.2, 0.25) is 0 Å². The Bertz CT molecular complexity index is 392. The Hall–Kier alpha value is -1.43. The van der Waals surface area contributed by atoms with Crippen LogP contribution in [0.3, 0.4) is 0 Å². The number of carbonyl (C=O) groups excluding carboxylic acids is 1. The molecule has 5 nitrogen and oxygen atoms in total. The lowest BCUT2D eigenvalue weighted by Gasteiger charge is -2.14. The van der Waals surface area contributed by atoms with Gasteiger partial charge in [0.05, 0.1) is 6.61 Å². The quantitative estimate of drug-likeness (QED) is 0.730. The number of amides is 1. The lowest BCUT2D eigenvalue weighted by Crippen LogP contribution is -2.40. The number of carbonyl (C=O) groups is 1. The van der Waals surface area contributed by atoms with Crippen LogP contribution in [0.1, 0.15) is 18.1 Å². The molecule has 106 valence electrons. The van der Waals surface area contributed by atoms with E-state index in [-0.39, 0.29) is 12.5 Å². The minimum atomic E-state index is -0.598. The van der Waals surface area contributed by atoms with Crippen molar-refractivity contribution >= 4 is 5.91 Å². The Labute approximate surface area is 114 Å². The van der Waals surface area contributed by atoms with Crippen molar-refractivity contribution in [2.24, 2.45) is 5.73 Å². The molecule has 0 saturated carbocycles. The summed E-state index contributed by atoms with van der Waals surface area (Å²) in [6.07, 6.45) is -0.598. The van der Waals surface area contributed by atoms with E-state index in [2.05, 4.69) is 5.32 Å². The van der Waals surface area contributed by atoms with E-state index in [1.165, 1.54) is 7.11 Å². The minimum absolute atomic E-state index is 0.170. The molecule has 0 aliphatic rings.